The number of aromatic nitrogens is 3. The molecule has 0 spiro atoms. The van der Waals surface area contributed by atoms with Crippen LogP contribution in [0.1, 0.15) is 58.0 Å². The summed E-state index contributed by atoms with van der Waals surface area (Å²) in [6.45, 7) is 10.2. The Hall–Kier alpha value is -2.64. The first kappa shape index (κ1) is 20.6. The molecule has 3 aromatic heterocycles. The average Bonchev–Trinajstić information content (AvgIpc) is 3.26. The number of thiophene rings is 1. The lowest BCUT2D eigenvalue weighted by Gasteiger charge is -2.16. The van der Waals surface area contributed by atoms with E-state index in [0.29, 0.717) is 10.0 Å². The van der Waals surface area contributed by atoms with Gasteiger partial charge in [-0.05, 0) is 25.0 Å². The van der Waals surface area contributed by atoms with Gasteiger partial charge in [-0.15, -0.1) is 22.7 Å². The summed E-state index contributed by atoms with van der Waals surface area (Å²) in [4.78, 5) is 29.4. The highest BCUT2D eigenvalue weighted by Crippen LogP contribution is 2.34. The first-order valence-corrected chi connectivity index (χ1v) is 11.4. The van der Waals surface area contributed by atoms with Crippen LogP contribution in [-0.2, 0) is 11.8 Å². The summed E-state index contributed by atoms with van der Waals surface area (Å²) >= 11 is 2.92. The number of carbonyl (C=O) groups is 1. The van der Waals surface area contributed by atoms with Crippen molar-refractivity contribution in [2.24, 2.45) is 0 Å². The maximum Gasteiger partial charge on any atom is 0.267 e. The molecule has 0 radical (unpaired) electrons. The van der Waals surface area contributed by atoms with E-state index < -0.39 is 0 Å². The van der Waals surface area contributed by atoms with Gasteiger partial charge in [-0.1, -0.05) is 51.1 Å². The van der Waals surface area contributed by atoms with Gasteiger partial charge in [0.1, 0.15) is 10.7 Å². The van der Waals surface area contributed by atoms with Gasteiger partial charge in [0.05, 0.1) is 10.6 Å². The SMILES string of the molecule is Cc1nc(C(C)(C)C)nc2sc(C(=O)Nc3ncc(Cc4ccccc4)s3)c(C)c12. The Morgan fingerprint density at radius 3 is 2.50 bits per heavy atom. The van der Waals surface area contributed by atoms with Crippen LogP contribution in [0.25, 0.3) is 10.2 Å². The lowest BCUT2D eigenvalue weighted by molar-refractivity contribution is 0.103. The Morgan fingerprint density at radius 1 is 1.07 bits per heavy atom. The van der Waals surface area contributed by atoms with Gasteiger partial charge >= 0.3 is 0 Å². The van der Waals surface area contributed by atoms with E-state index in [4.69, 9.17) is 4.98 Å². The Morgan fingerprint density at radius 2 is 1.80 bits per heavy atom. The van der Waals surface area contributed by atoms with E-state index in [9.17, 15) is 4.79 Å². The van der Waals surface area contributed by atoms with E-state index in [-0.39, 0.29) is 11.3 Å². The molecule has 0 fully saturated rings. The summed E-state index contributed by atoms with van der Waals surface area (Å²) in [5.74, 6) is 0.652. The van der Waals surface area contributed by atoms with Crippen molar-refractivity contribution >= 4 is 43.9 Å². The second kappa shape index (κ2) is 7.89. The molecule has 1 amide bonds. The Bertz CT molecular complexity index is 1220. The van der Waals surface area contributed by atoms with Crippen LogP contribution in [-0.4, -0.2) is 20.9 Å². The second-order valence-electron chi connectivity index (χ2n) is 8.37. The molecule has 0 bridgehead atoms. The first-order chi connectivity index (χ1) is 14.2. The monoisotopic (exact) mass is 436 g/mol. The number of rotatable bonds is 4. The number of nitrogens with zero attached hydrogens (tertiary/aromatic N) is 3. The molecule has 0 saturated heterocycles. The van der Waals surface area contributed by atoms with Crippen molar-refractivity contribution in [3.8, 4) is 0 Å². The van der Waals surface area contributed by atoms with Crippen molar-refractivity contribution in [3.05, 3.63) is 68.9 Å². The zero-order valence-corrected chi connectivity index (χ0v) is 19.4. The molecule has 0 aliphatic carbocycles. The number of hydrogen-bond donors (Lipinski definition) is 1. The fourth-order valence-corrected chi connectivity index (χ4v) is 5.26. The molecule has 30 heavy (non-hydrogen) atoms. The molecule has 4 aromatic rings. The van der Waals surface area contributed by atoms with Crippen molar-refractivity contribution in [3.63, 3.8) is 0 Å². The third kappa shape index (κ3) is 4.13. The molecular weight excluding hydrogens is 412 g/mol. The van der Waals surface area contributed by atoms with E-state index in [1.807, 2.05) is 38.2 Å². The van der Waals surface area contributed by atoms with Crippen molar-refractivity contribution in [1.29, 1.82) is 0 Å². The summed E-state index contributed by atoms with van der Waals surface area (Å²) in [7, 11) is 0. The number of fused-ring (bicyclic) bond motifs is 1. The quantitative estimate of drug-likeness (QED) is 0.432. The summed E-state index contributed by atoms with van der Waals surface area (Å²) in [6.07, 6.45) is 2.64. The number of thiazole rings is 1. The van der Waals surface area contributed by atoms with E-state index in [2.05, 4.69) is 48.2 Å². The fraction of sp³-hybridized carbons (Fsp3) is 0.304. The highest BCUT2D eigenvalue weighted by Gasteiger charge is 2.23. The standard InChI is InChI=1S/C23H24N4OS2/c1-13-17-14(2)25-21(23(3,4)5)27-20(17)30-18(13)19(28)26-22-24-12-16(29-22)11-15-9-7-6-8-10-15/h6-10,12H,11H2,1-5H3,(H,24,26,28). The van der Waals surface area contributed by atoms with Gasteiger partial charge < -0.3 is 0 Å². The number of hydrogen-bond acceptors (Lipinski definition) is 6. The van der Waals surface area contributed by atoms with Gasteiger partial charge in [0.15, 0.2) is 5.13 Å². The Balaban J connectivity index is 1.58. The minimum Gasteiger partial charge on any atom is -0.297 e. The molecule has 0 unspecified atom stereocenters. The summed E-state index contributed by atoms with van der Waals surface area (Å²) in [5.41, 5.74) is 2.92. The molecular formula is C23H24N4OS2. The van der Waals surface area contributed by atoms with E-state index >= 15 is 0 Å². The minimum atomic E-state index is -0.146. The number of benzene rings is 1. The maximum atomic E-state index is 13.0. The number of anilines is 1. The Labute approximate surface area is 184 Å². The van der Waals surface area contributed by atoms with Crippen LogP contribution in [0.15, 0.2) is 36.5 Å². The highest BCUT2D eigenvalue weighted by atomic mass is 32.1. The molecule has 1 N–H and O–H groups in total. The summed E-state index contributed by atoms with van der Waals surface area (Å²) < 4.78 is 0. The van der Waals surface area contributed by atoms with Crippen LogP contribution in [0.3, 0.4) is 0 Å². The zero-order valence-electron chi connectivity index (χ0n) is 17.7. The number of nitrogens with one attached hydrogen (secondary N) is 1. The number of aryl methyl sites for hydroxylation is 2. The van der Waals surface area contributed by atoms with Crippen LogP contribution in [0.2, 0.25) is 0 Å². The predicted octanol–water partition coefficient (Wildman–Crippen LogP) is 5.91. The smallest absolute Gasteiger partial charge is 0.267 e. The number of carbonyl (C=O) groups excluding carboxylic acids is 1. The van der Waals surface area contributed by atoms with Gasteiger partial charge in [0.2, 0.25) is 0 Å². The van der Waals surface area contributed by atoms with Crippen LogP contribution < -0.4 is 5.32 Å². The van der Waals surface area contributed by atoms with Gasteiger partial charge in [0.25, 0.3) is 5.91 Å². The third-order valence-electron chi connectivity index (χ3n) is 4.84. The lowest BCUT2D eigenvalue weighted by Crippen LogP contribution is -2.16. The summed E-state index contributed by atoms with van der Waals surface area (Å²) in [6, 6.07) is 10.2. The Kier molecular flexibility index (Phi) is 5.42. The first-order valence-electron chi connectivity index (χ1n) is 9.80. The third-order valence-corrected chi connectivity index (χ3v) is 6.94. The topological polar surface area (TPSA) is 67.8 Å². The van der Waals surface area contributed by atoms with Crippen LogP contribution in [0.4, 0.5) is 5.13 Å². The van der Waals surface area contributed by atoms with Gasteiger partial charge in [-0.2, -0.15) is 0 Å². The molecule has 0 saturated carbocycles. The molecule has 4 rings (SSSR count). The maximum absolute atomic E-state index is 13.0. The molecule has 0 aliphatic heterocycles. The second-order valence-corrected chi connectivity index (χ2v) is 10.5. The highest BCUT2D eigenvalue weighted by molar-refractivity contribution is 7.21. The molecule has 0 aliphatic rings. The van der Waals surface area contributed by atoms with Crippen LogP contribution in [0.5, 0.6) is 0 Å². The lowest BCUT2D eigenvalue weighted by atomic mass is 9.95. The van der Waals surface area contributed by atoms with E-state index in [1.54, 1.807) is 0 Å². The van der Waals surface area contributed by atoms with Crippen molar-refractivity contribution in [2.45, 2.75) is 46.5 Å². The zero-order chi connectivity index (χ0) is 21.5. The normalized spacial score (nSPS) is 11.8. The molecule has 0 atom stereocenters. The average molecular weight is 437 g/mol. The van der Waals surface area contributed by atoms with Crippen LogP contribution in [0, 0.1) is 13.8 Å². The molecule has 1 aromatic carbocycles. The predicted molar refractivity (Wildman–Crippen MR) is 125 cm³/mol. The fourth-order valence-electron chi connectivity index (χ4n) is 3.29. The van der Waals surface area contributed by atoms with Crippen molar-refractivity contribution < 1.29 is 4.79 Å². The van der Waals surface area contributed by atoms with E-state index in [0.717, 1.165) is 38.6 Å². The van der Waals surface area contributed by atoms with Crippen molar-refractivity contribution in [2.75, 3.05) is 5.32 Å². The summed E-state index contributed by atoms with van der Waals surface area (Å²) in [5, 5.41) is 4.55. The van der Waals surface area contributed by atoms with Gasteiger partial charge in [-0.3, -0.25) is 10.1 Å². The molecule has 3 heterocycles. The van der Waals surface area contributed by atoms with Gasteiger partial charge in [-0.25, -0.2) is 15.0 Å². The molecule has 154 valence electrons. The largest absolute Gasteiger partial charge is 0.297 e. The molecule has 5 nitrogen and oxygen atoms in total. The van der Waals surface area contributed by atoms with E-state index in [1.165, 1.54) is 28.2 Å². The molecule has 7 heteroatoms. The van der Waals surface area contributed by atoms with Gasteiger partial charge in [0, 0.05) is 28.3 Å². The number of amides is 1. The van der Waals surface area contributed by atoms with Crippen LogP contribution >= 0.6 is 22.7 Å². The minimum absolute atomic E-state index is 0.144. The van der Waals surface area contributed by atoms with Crippen molar-refractivity contribution in [1.82, 2.24) is 15.0 Å².